The Labute approximate surface area is 178 Å². The maximum absolute atomic E-state index is 13.0. The van der Waals surface area contributed by atoms with Gasteiger partial charge in [0.25, 0.3) is 5.91 Å². The molecule has 3 aromatic rings. The number of aromatic nitrogens is 1. The number of thiophene rings is 1. The molecule has 0 fully saturated rings. The normalized spacial score (nSPS) is 15.4. The van der Waals surface area contributed by atoms with Crippen molar-refractivity contribution in [2.75, 3.05) is 33.8 Å². The number of ether oxygens (including phenoxy) is 4. The molecule has 1 aliphatic heterocycles. The van der Waals surface area contributed by atoms with Gasteiger partial charge in [-0.1, -0.05) is 0 Å². The zero-order chi connectivity index (χ0) is 21.4. The molecule has 158 valence electrons. The first-order valence-corrected chi connectivity index (χ1v) is 10.1. The number of amides is 1. The number of carbonyl (C=O) groups is 1. The molecular weight excluding hydrogens is 406 g/mol. The molecule has 0 saturated heterocycles. The monoisotopic (exact) mass is 429 g/mol. The van der Waals surface area contributed by atoms with Gasteiger partial charge in [-0.3, -0.25) is 4.79 Å². The number of nitrogens with zero attached hydrogens (tertiary/aromatic N) is 1. The summed E-state index contributed by atoms with van der Waals surface area (Å²) >= 11 is 1.37. The number of aryl methyl sites for hydroxylation is 1. The lowest BCUT2D eigenvalue weighted by Gasteiger charge is -2.28. The average Bonchev–Trinajstić information content (AvgIpc) is 3.11. The van der Waals surface area contributed by atoms with Gasteiger partial charge >= 0.3 is 0 Å². The van der Waals surface area contributed by atoms with Gasteiger partial charge in [0.05, 0.1) is 33.6 Å². The van der Waals surface area contributed by atoms with Crippen LogP contribution in [-0.2, 0) is 11.3 Å². The number of anilines is 1. The molecule has 3 heterocycles. The zero-order valence-electron chi connectivity index (χ0n) is 17.4. The van der Waals surface area contributed by atoms with Crippen LogP contribution in [0.15, 0.2) is 18.2 Å². The summed E-state index contributed by atoms with van der Waals surface area (Å²) < 4.78 is 21.8. The van der Waals surface area contributed by atoms with Crippen LogP contribution in [0.3, 0.4) is 0 Å². The molecule has 4 rings (SSSR count). The van der Waals surface area contributed by atoms with Crippen LogP contribution < -0.4 is 24.8 Å². The lowest BCUT2D eigenvalue weighted by molar-refractivity contribution is 0.0939. The molecule has 0 saturated carbocycles. The van der Waals surface area contributed by atoms with Crippen LogP contribution in [0, 0.1) is 6.92 Å². The molecule has 2 aromatic heterocycles. The Kier molecular flexibility index (Phi) is 5.40. The Balaban J connectivity index is 1.85. The van der Waals surface area contributed by atoms with E-state index in [2.05, 4.69) is 15.6 Å². The van der Waals surface area contributed by atoms with Gasteiger partial charge in [0.2, 0.25) is 5.75 Å². The third-order valence-corrected chi connectivity index (χ3v) is 6.07. The van der Waals surface area contributed by atoms with Crippen molar-refractivity contribution in [2.24, 2.45) is 0 Å². The Morgan fingerprint density at radius 2 is 1.83 bits per heavy atom. The predicted octanol–water partition coefficient (Wildman–Crippen LogP) is 3.63. The van der Waals surface area contributed by atoms with Crippen LogP contribution in [0.25, 0.3) is 10.2 Å². The van der Waals surface area contributed by atoms with Gasteiger partial charge in [0, 0.05) is 23.8 Å². The van der Waals surface area contributed by atoms with E-state index in [-0.39, 0.29) is 5.91 Å². The van der Waals surface area contributed by atoms with E-state index < -0.39 is 6.17 Å². The van der Waals surface area contributed by atoms with Crippen LogP contribution in [0.1, 0.15) is 32.7 Å². The molecule has 1 aliphatic rings. The van der Waals surface area contributed by atoms with Gasteiger partial charge in [0.15, 0.2) is 11.5 Å². The predicted molar refractivity (Wildman–Crippen MR) is 115 cm³/mol. The molecule has 0 radical (unpaired) electrons. The molecule has 0 unspecified atom stereocenters. The van der Waals surface area contributed by atoms with E-state index in [4.69, 9.17) is 18.9 Å². The van der Waals surface area contributed by atoms with Gasteiger partial charge in [-0.15, -0.1) is 11.3 Å². The highest BCUT2D eigenvalue weighted by molar-refractivity contribution is 7.21. The second kappa shape index (κ2) is 8.00. The average molecular weight is 429 g/mol. The van der Waals surface area contributed by atoms with E-state index in [1.54, 1.807) is 34.5 Å². The Hall–Kier alpha value is -3.04. The molecule has 2 N–H and O–H groups in total. The molecule has 1 atom stereocenters. The van der Waals surface area contributed by atoms with E-state index in [1.807, 2.05) is 19.1 Å². The molecule has 0 spiro atoms. The molecule has 1 amide bonds. The minimum absolute atomic E-state index is 0.172. The maximum Gasteiger partial charge on any atom is 0.265 e. The maximum atomic E-state index is 13.0. The van der Waals surface area contributed by atoms with Crippen LogP contribution in [0.2, 0.25) is 0 Å². The van der Waals surface area contributed by atoms with Crippen molar-refractivity contribution in [1.82, 2.24) is 10.3 Å². The number of fused-ring (bicyclic) bond motifs is 3. The minimum Gasteiger partial charge on any atom is -0.493 e. The zero-order valence-corrected chi connectivity index (χ0v) is 18.2. The van der Waals surface area contributed by atoms with Crippen molar-refractivity contribution in [1.29, 1.82) is 0 Å². The number of pyridine rings is 1. The number of hydrogen-bond acceptors (Lipinski definition) is 8. The second-order valence-corrected chi connectivity index (χ2v) is 7.82. The number of carbonyl (C=O) groups excluding carboxylic acids is 1. The first-order chi connectivity index (χ1) is 14.5. The second-order valence-electron chi connectivity index (χ2n) is 6.82. The van der Waals surface area contributed by atoms with Gasteiger partial charge in [-0.05, 0) is 30.7 Å². The fourth-order valence-electron chi connectivity index (χ4n) is 3.76. The summed E-state index contributed by atoms with van der Waals surface area (Å²) in [6, 6.07) is 5.61. The van der Waals surface area contributed by atoms with E-state index in [0.29, 0.717) is 28.7 Å². The topological polar surface area (TPSA) is 90.9 Å². The summed E-state index contributed by atoms with van der Waals surface area (Å²) in [4.78, 5) is 19.0. The van der Waals surface area contributed by atoms with Gasteiger partial charge in [-0.2, -0.15) is 0 Å². The lowest BCUT2D eigenvalue weighted by atomic mass is 10.0. The summed E-state index contributed by atoms with van der Waals surface area (Å²) in [5, 5.41) is 7.36. The SMILES string of the molecule is COCc1cc(C)nc2sc3c(c12)N[C@@H](c1ccc(OC)c(OC)c1OC)NC3=O. The lowest BCUT2D eigenvalue weighted by Crippen LogP contribution is -2.37. The highest BCUT2D eigenvalue weighted by Gasteiger charge is 2.33. The van der Waals surface area contributed by atoms with Crippen molar-refractivity contribution in [3.63, 3.8) is 0 Å². The van der Waals surface area contributed by atoms with Crippen molar-refractivity contribution in [3.8, 4) is 17.2 Å². The number of methoxy groups -OCH3 is 4. The highest BCUT2D eigenvalue weighted by Crippen LogP contribution is 2.46. The fourth-order valence-corrected chi connectivity index (χ4v) is 4.90. The van der Waals surface area contributed by atoms with Crippen molar-refractivity contribution in [2.45, 2.75) is 19.7 Å². The van der Waals surface area contributed by atoms with Gasteiger partial charge in [0.1, 0.15) is 15.9 Å². The van der Waals surface area contributed by atoms with E-state index in [1.165, 1.54) is 11.3 Å². The first kappa shape index (κ1) is 20.2. The van der Waals surface area contributed by atoms with Crippen molar-refractivity contribution in [3.05, 3.63) is 39.9 Å². The van der Waals surface area contributed by atoms with Gasteiger partial charge in [-0.25, -0.2) is 4.98 Å². The van der Waals surface area contributed by atoms with E-state index in [9.17, 15) is 4.79 Å². The third-order valence-electron chi connectivity index (χ3n) is 4.99. The summed E-state index contributed by atoms with van der Waals surface area (Å²) in [5.74, 6) is 1.33. The van der Waals surface area contributed by atoms with Crippen LogP contribution in [-0.4, -0.2) is 39.3 Å². The molecule has 9 heteroatoms. The molecule has 8 nitrogen and oxygen atoms in total. The Morgan fingerprint density at radius 1 is 1.07 bits per heavy atom. The van der Waals surface area contributed by atoms with Gasteiger partial charge < -0.3 is 29.6 Å². The van der Waals surface area contributed by atoms with Crippen LogP contribution >= 0.6 is 11.3 Å². The van der Waals surface area contributed by atoms with E-state index in [0.717, 1.165) is 32.7 Å². The summed E-state index contributed by atoms with van der Waals surface area (Å²) in [7, 11) is 6.32. The largest absolute Gasteiger partial charge is 0.493 e. The molecule has 30 heavy (non-hydrogen) atoms. The third kappa shape index (κ3) is 3.20. The standard InChI is InChI=1S/C21H23N3O5S/c1-10-8-11(9-26-2)14-15-18(30-21(14)22-10)20(25)24-19(23-15)12-6-7-13(27-3)17(29-5)16(12)28-4/h6-8,19,23H,9H2,1-5H3,(H,24,25)/t19-/m1/s1. The number of hydrogen-bond donors (Lipinski definition) is 2. The highest BCUT2D eigenvalue weighted by atomic mass is 32.1. The Bertz CT molecular complexity index is 1130. The van der Waals surface area contributed by atoms with Crippen LogP contribution in [0.4, 0.5) is 5.69 Å². The summed E-state index contributed by atoms with van der Waals surface area (Å²) in [5.41, 5.74) is 3.34. The molecule has 0 aliphatic carbocycles. The molecular formula is C21H23N3O5S. The molecule has 0 bridgehead atoms. The van der Waals surface area contributed by atoms with Crippen LogP contribution in [0.5, 0.6) is 17.2 Å². The van der Waals surface area contributed by atoms with E-state index >= 15 is 0 Å². The summed E-state index contributed by atoms with van der Waals surface area (Å²) in [6.45, 7) is 2.36. The fraction of sp³-hybridized carbons (Fsp3) is 0.333. The smallest absolute Gasteiger partial charge is 0.265 e. The number of benzene rings is 1. The van der Waals surface area contributed by atoms with Crippen molar-refractivity contribution < 1.29 is 23.7 Å². The Morgan fingerprint density at radius 3 is 2.50 bits per heavy atom. The quantitative estimate of drug-likeness (QED) is 0.618. The number of rotatable bonds is 6. The minimum atomic E-state index is -0.519. The first-order valence-electron chi connectivity index (χ1n) is 9.30. The molecule has 1 aromatic carbocycles. The summed E-state index contributed by atoms with van der Waals surface area (Å²) in [6.07, 6.45) is -0.519. The number of nitrogens with one attached hydrogen (secondary N) is 2. The van der Waals surface area contributed by atoms with Crippen molar-refractivity contribution >= 4 is 33.1 Å².